The third-order valence-electron chi connectivity index (χ3n) is 9.75. The molecule has 3 N–H and O–H groups in total. The molecule has 4 aromatic carbocycles. The molecule has 5 heterocycles. The highest BCUT2D eigenvalue weighted by Crippen LogP contribution is 2.38. The fourth-order valence-electron chi connectivity index (χ4n) is 7.26. The van der Waals surface area contributed by atoms with Crippen LogP contribution in [0.3, 0.4) is 0 Å². The summed E-state index contributed by atoms with van der Waals surface area (Å²) in [6.07, 6.45) is 8.37. The number of methoxy groups -OCH3 is 1. The Morgan fingerprint density at radius 1 is 0.481 bits per heavy atom. The maximum atomic E-state index is 12.8. The van der Waals surface area contributed by atoms with Crippen LogP contribution in [-0.4, -0.2) is 39.7 Å². The molecule has 2 aliphatic rings. The number of carbonyl (C=O) groups excluding carboxylic acids is 1. The van der Waals surface area contributed by atoms with Gasteiger partial charge >= 0.3 is 0 Å². The minimum absolute atomic E-state index is 0.136. The second-order valence-electron chi connectivity index (χ2n) is 13.1. The SMILES string of the molecule is COCNC(=O)c1ccc(-c2c3nc(c(-c4ccccc4)c4ccc([nH]4)c(-c4ccccc4)c4nc(c(-c5ccccc5)c5ccc2[nH]5)C=C4)C=C3)cc1. The molecule has 7 heteroatoms. The Balaban J connectivity index is 1.40. The summed E-state index contributed by atoms with van der Waals surface area (Å²) < 4.78 is 5.05. The van der Waals surface area contributed by atoms with E-state index in [-0.39, 0.29) is 12.6 Å². The molecule has 1 amide bonds. The van der Waals surface area contributed by atoms with Crippen molar-refractivity contribution in [1.29, 1.82) is 0 Å². The lowest BCUT2D eigenvalue weighted by Crippen LogP contribution is -2.25. The number of nitrogens with zero attached hydrogens (tertiary/aromatic N) is 2. The highest BCUT2D eigenvalue weighted by atomic mass is 16.5. The third-order valence-corrected chi connectivity index (χ3v) is 9.75. The van der Waals surface area contributed by atoms with E-state index in [1.807, 2.05) is 42.5 Å². The molecule has 3 aromatic heterocycles. The average Bonchev–Trinajstić information content (AvgIpc) is 4.07. The van der Waals surface area contributed by atoms with Crippen molar-refractivity contribution < 1.29 is 9.53 Å². The fourth-order valence-corrected chi connectivity index (χ4v) is 7.26. The lowest BCUT2D eigenvalue weighted by atomic mass is 10.0. The highest BCUT2D eigenvalue weighted by Gasteiger charge is 2.19. The topological polar surface area (TPSA) is 95.7 Å². The number of H-pyrrole nitrogens is 2. The molecule has 7 nitrogen and oxygen atoms in total. The van der Waals surface area contributed by atoms with Crippen LogP contribution in [0.4, 0.5) is 0 Å². The van der Waals surface area contributed by atoms with Gasteiger partial charge in [-0.25, -0.2) is 9.97 Å². The minimum atomic E-state index is -0.203. The van der Waals surface area contributed by atoms with Gasteiger partial charge in [0.2, 0.25) is 0 Å². The predicted molar refractivity (Wildman–Crippen MR) is 220 cm³/mol. The summed E-state index contributed by atoms with van der Waals surface area (Å²) in [6.45, 7) is 0.136. The zero-order chi connectivity index (χ0) is 36.4. The molecule has 0 aliphatic carbocycles. The Labute approximate surface area is 312 Å². The van der Waals surface area contributed by atoms with Crippen molar-refractivity contribution in [2.45, 2.75) is 0 Å². The number of hydrogen-bond donors (Lipinski definition) is 3. The summed E-state index contributed by atoms with van der Waals surface area (Å²) in [5.74, 6) is -0.203. The summed E-state index contributed by atoms with van der Waals surface area (Å²) in [7, 11) is 1.55. The number of carbonyl (C=O) groups is 1. The van der Waals surface area contributed by atoms with Crippen molar-refractivity contribution in [2.75, 3.05) is 13.8 Å². The Hall–Kier alpha value is -7.09. The van der Waals surface area contributed by atoms with Gasteiger partial charge in [0, 0.05) is 57.0 Å². The van der Waals surface area contributed by atoms with E-state index in [9.17, 15) is 4.79 Å². The van der Waals surface area contributed by atoms with Crippen LogP contribution in [0.25, 0.3) is 90.9 Å². The Bertz CT molecular complexity index is 2710. The van der Waals surface area contributed by atoms with Gasteiger partial charge in [-0.1, -0.05) is 103 Å². The van der Waals surface area contributed by atoms with Gasteiger partial charge in [-0.2, -0.15) is 0 Å². The Kier molecular flexibility index (Phi) is 8.59. The van der Waals surface area contributed by atoms with Crippen LogP contribution in [0.5, 0.6) is 0 Å². The lowest BCUT2D eigenvalue weighted by molar-refractivity contribution is 0.0872. The van der Waals surface area contributed by atoms with Gasteiger partial charge in [0.05, 0.1) is 22.8 Å². The zero-order valence-electron chi connectivity index (χ0n) is 29.5. The van der Waals surface area contributed by atoms with Crippen LogP contribution >= 0.6 is 0 Å². The summed E-state index contributed by atoms with van der Waals surface area (Å²) in [5.41, 5.74) is 15.6. The van der Waals surface area contributed by atoms with Gasteiger partial charge in [0.15, 0.2) is 0 Å². The van der Waals surface area contributed by atoms with Crippen LogP contribution in [0, 0.1) is 0 Å². The first-order valence-electron chi connectivity index (χ1n) is 17.8. The summed E-state index contributed by atoms with van der Waals surface area (Å²) in [4.78, 5) is 31.0. The first kappa shape index (κ1) is 32.8. The van der Waals surface area contributed by atoms with Crippen molar-refractivity contribution in [2.24, 2.45) is 0 Å². The van der Waals surface area contributed by atoms with E-state index in [0.717, 1.165) is 89.4 Å². The summed E-state index contributed by atoms with van der Waals surface area (Å²) in [5, 5.41) is 2.77. The van der Waals surface area contributed by atoms with Crippen LogP contribution in [0.2, 0.25) is 0 Å². The van der Waals surface area contributed by atoms with Crippen molar-refractivity contribution in [3.63, 3.8) is 0 Å². The van der Waals surface area contributed by atoms with E-state index in [1.54, 1.807) is 7.11 Å². The maximum Gasteiger partial charge on any atom is 0.253 e. The second kappa shape index (κ2) is 14.1. The monoisotopic (exact) mass is 701 g/mol. The van der Waals surface area contributed by atoms with E-state index >= 15 is 0 Å². The number of aromatic amines is 2. The van der Waals surface area contributed by atoms with Crippen LogP contribution in [-0.2, 0) is 4.74 Å². The van der Waals surface area contributed by atoms with E-state index in [0.29, 0.717) is 5.56 Å². The predicted octanol–water partition coefficient (Wildman–Crippen LogP) is 10.7. The first-order valence-corrected chi connectivity index (χ1v) is 17.8. The molecular weight excluding hydrogens is 667 g/mol. The quantitative estimate of drug-likeness (QED) is 0.144. The standard InChI is InChI=1S/C47H35N5O2/c1-54-29-48-47(53)34-19-17-33(18-20-34)46-41-27-25-39(51-41)44(31-13-7-3-8-14-31)37-23-21-35(49-37)43(30-11-5-2-6-12-30)36-22-24-38(50-36)45(32-15-9-4-10-16-32)40-26-28-42(46)52-40/h2-28,49,52H,29H2,1H3,(H,48,53). The van der Waals surface area contributed by atoms with Gasteiger partial charge in [0.1, 0.15) is 6.73 Å². The number of rotatable bonds is 7. The molecule has 2 aliphatic heterocycles. The molecule has 0 fully saturated rings. The molecule has 9 rings (SSSR count). The van der Waals surface area contributed by atoms with E-state index in [2.05, 4.69) is 137 Å². The van der Waals surface area contributed by atoms with Crippen LogP contribution < -0.4 is 5.32 Å². The molecule has 7 aromatic rings. The second-order valence-corrected chi connectivity index (χ2v) is 13.1. The molecule has 54 heavy (non-hydrogen) atoms. The van der Waals surface area contributed by atoms with Crippen molar-refractivity contribution in [3.05, 3.63) is 168 Å². The molecule has 0 unspecified atom stereocenters. The van der Waals surface area contributed by atoms with E-state index in [4.69, 9.17) is 14.7 Å². The lowest BCUT2D eigenvalue weighted by Gasteiger charge is -2.08. The third kappa shape index (κ3) is 6.12. The van der Waals surface area contributed by atoms with Crippen molar-refractivity contribution in [1.82, 2.24) is 25.3 Å². The normalized spacial score (nSPS) is 11.9. The average molecular weight is 702 g/mol. The van der Waals surface area contributed by atoms with Crippen molar-refractivity contribution in [3.8, 4) is 44.5 Å². The smallest absolute Gasteiger partial charge is 0.253 e. The molecule has 0 saturated carbocycles. The number of ether oxygens (including phenoxy) is 1. The Morgan fingerprint density at radius 2 is 0.815 bits per heavy atom. The molecule has 8 bridgehead atoms. The van der Waals surface area contributed by atoms with Crippen LogP contribution in [0.15, 0.2) is 140 Å². The summed E-state index contributed by atoms with van der Waals surface area (Å²) in [6, 6.07) is 47.2. The first-order chi connectivity index (χ1) is 26.6. The van der Waals surface area contributed by atoms with Gasteiger partial charge in [0.25, 0.3) is 5.91 Å². The number of aromatic nitrogens is 4. The maximum absolute atomic E-state index is 12.8. The number of amides is 1. The largest absolute Gasteiger partial charge is 0.364 e. The van der Waals surface area contributed by atoms with E-state index in [1.165, 1.54) is 0 Å². The van der Waals surface area contributed by atoms with Gasteiger partial charge in [-0.15, -0.1) is 0 Å². The molecular formula is C47H35N5O2. The van der Waals surface area contributed by atoms with E-state index < -0.39 is 0 Å². The molecule has 0 radical (unpaired) electrons. The molecule has 0 saturated heterocycles. The number of hydrogen-bond acceptors (Lipinski definition) is 4. The zero-order valence-corrected chi connectivity index (χ0v) is 29.5. The summed E-state index contributed by atoms with van der Waals surface area (Å²) >= 11 is 0. The fraction of sp³-hybridized carbons (Fsp3) is 0.0426. The Morgan fingerprint density at radius 3 is 1.15 bits per heavy atom. The number of benzene rings is 4. The van der Waals surface area contributed by atoms with Gasteiger partial charge in [-0.05, 0) is 83.0 Å². The van der Waals surface area contributed by atoms with Gasteiger partial charge < -0.3 is 20.0 Å². The minimum Gasteiger partial charge on any atom is -0.364 e. The molecule has 0 spiro atoms. The number of nitrogens with one attached hydrogen (secondary N) is 3. The molecule has 0 atom stereocenters. The van der Waals surface area contributed by atoms with Crippen LogP contribution in [0.1, 0.15) is 33.1 Å². The number of fused-ring (bicyclic) bond motifs is 8. The van der Waals surface area contributed by atoms with Gasteiger partial charge in [-0.3, -0.25) is 4.79 Å². The molecule has 260 valence electrons. The highest BCUT2D eigenvalue weighted by molar-refractivity contribution is 6.00. The van der Waals surface area contributed by atoms with Crippen molar-refractivity contribution >= 4 is 52.3 Å².